The zero-order valence-electron chi connectivity index (χ0n) is 12.3. The first-order valence-electron chi connectivity index (χ1n) is 7.12. The summed E-state index contributed by atoms with van der Waals surface area (Å²) < 4.78 is 35.3. The number of nitrogens with zero attached hydrogens (tertiary/aromatic N) is 1. The van der Waals surface area contributed by atoms with E-state index in [1.165, 1.54) is 0 Å². The Morgan fingerprint density at radius 3 is 2.71 bits per heavy atom. The Morgan fingerprint density at radius 2 is 2.14 bits per heavy atom. The molecule has 1 aromatic rings. The molecule has 0 saturated carbocycles. The molecular formula is C15H22F2N2O2. The van der Waals surface area contributed by atoms with Crippen LogP contribution in [0.5, 0.6) is 5.75 Å². The van der Waals surface area contributed by atoms with E-state index in [2.05, 4.69) is 9.64 Å². The highest BCUT2D eigenvalue weighted by molar-refractivity contribution is 5.36. The van der Waals surface area contributed by atoms with Crippen LogP contribution in [0.4, 0.5) is 8.78 Å². The third kappa shape index (κ3) is 3.70. The molecule has 1 aliphatic rings. The first-order chi connectivity index (χ1) is 10.0. The molecule has 2 N–H and O–H groups in total. The van der Waals surface area contributed by atoms with Crippen LogP contribution in [0, 0.1) is 0 Å². The Balaban J connectivity index is 2.24. The van der Waals surface area contributed by atoms with Crippen molar-refractivity contribution in [3.05, 3.63) is 29.8 Å². The SMILES string of the molecule is CC1OCCC1N(C)C(CN)c1ccccc1OC(F)F. The number of nitrogens with two attached hydrogens (primary N) is 1. The second-order valence-corrected chi connectivity index (χ2v) is 5.27. The van der Waals surface area contributed by atoms with Crippen LogP contribution in [0.1, 0.15) is 24.9 Å². The molecule has 0 amide bonds. The smallest absolute Gasteiger partial charge is 0.387 e. The summed E-state index contributed by atoms with van der Waals surface area (Å²) in [6.07, 6.45) is 1.01. The second kappa shape index (κ2) is 7.15. The third-order valence-corrected chi connectivity index (χ3v) is 4.07. The molecule has 3 unspecified atom stereocenters. The van der Waals surface area contributed by atoms with E-state index in [-0.39, 0.29) is 23.9 Å². The van der Waals surface area contributed by atoms with Crippen molar-refractivity contribution in [2.45, 2.75) is 38.1 Å². The van der Waals surface area contributed by atoms with E-state index in [1.807, 2.05) is 14.0 Å². The second-order valence-electron chi connectivity index (χ2n) is 5.27. The molecule has 6 heteroatoms. The number of para-hydroxylation sites is 1. The summed E-state index contributed by atoms with van der Waals surface area (Å²) in [6, 6.07) is 6.85. The van der Waals surface area contributed by atoms with Crippen LogP contribution < -0.4 is 10.5 Å². The minimum Gasteiger partial charge on any atom is -0.434 e. The molecule has 0 spiro atoms. The average Bonchev–Trinajstić information content (AvgIpc) is 2.87. The third-order valence-electron chi connectivity index (χ3n) is 4.07. The van der Waals surface area contributed by atoms with Gasteiger partial charge in [0.05, 0.1) is 12.1 Å². The molecule has 0 radical (unpaired) electrons. The summed E-state index contributed by atoms with van der Waals surface area (Å²) in [5.74, 6) is 0.182. The average molecular weight is 300 g/mol. The monoisotopic (exact) mass is 300 g/mol. The lowest BCUT2D eigenvalue weighted by Crippen LogP contribution is -2.42. The lowest BCUT2D eigenvalue weighted by molar-refractivity contribution is -0.0513. The van der Waals surface area contributed by atoms with Gasteiger partial charge in [-0.2, -0.15) is 8.78 Å². The predicted molar refractivity (Wildman–Crippen MR) is 76.5 cm³/mol. The van der Waals surface area contributed by atoms with Crippen molar-refractivity contribution in [2.24, 2.45) is 5.73 Å². The molecule has 0 bridgehead atoms. The fraction of sp³-hybridized carbons (Fsp3) is 0.600. The fourth-order valence-corrected chi connectivity index (χ4v) is 2.96. The zero-order chi connectivity index (χ0) is 15.4. The maximum absolute atomic E-state index is 12.5. The van der Waals surface area contributed by atoms with Gasteiger partial charge >= 0.3 is 6.61 Å². The van der Waals surface area contributed by atoms with Crippen LogP contribution in [-0.4, -0.2) is 43.9 Å². The maximum Gasteiger partial charge on any atom is 0.387 e. The van der Waals surface area contributed by atoms with E-state index in [1.54, 1.807) is 24.3 Å². The Morgan fingerprint density at radius 1 is 1.43 bits per heavy atom. The van der Waals surface area contributed by atoms with Crippen molar-refractivity contribution in [3.63, 3.8) is 0 Å². The minimum atomic E-state index is -2.84. The van der Waals surface area contributed by atoms with Crippen molar-refractivity contribution < 1.29 is 18.3 Å². The number of benzene rings is 1. The van der Waals surface area contributed by atoms with Crippen LogP contribution >= 0.6 is 0 Å². The van der Waals surface area contributed by atoms with Gasteiger partial charge in [-0.25, -0.2) is 0 Å². The molecule has 2 rings (SSSR count). The first kappa shape index (κ1) is 16.1. The number of hydrogen-bond acceptors (Lipinski definition) is 4. The van der Waals surface area contributed by atoms with Crippen LogP contribution in [-0.2, 0) is 4.74 Å². The van der Waals surface area contributed by atoms with Crippen molar-refractivity contribution in [3.8, 4) is 5.75 Å². The van der Waals surface area contributed by atoms with E-state index >= 15 is 0 Å². The van der Waals surface area contributed by atoms with E-state index in [9.17, 15) is 8.78 Å². The number of ether oxygens (including phenoxy) is 2. The Hall–Kier alpha value is -1.24. The van der Waals surface area contributed by atoms with E-state index in [0.29, 0.717) is 18.7 Å². The zero-order valence-corrected chi connectivity index (χ0v) is 12.3. The summed E-state index contributed by atoms with van der Waals surface area (Å²) >= 11 is 0. The van der Waals surface area contributed by atoms with Crippen LogP contribution in [0.3, 0.4) is 0 Å². The van der Waals surface area contributed by atoms with E-state index < -0.39 is 6.61 Å². The maximum atomic E-state index is 12.5. The van der Waals surface area contributed by atoms with Gasteiger partial charge in [0.15, 0.2) is 0 Å². The number of halogens is 2. The van der Waals surface area contributed by atoms with Crippen LogP contribution in [0.25, 0.3) is 0 Å². The van der Waals surface area contributed by atoms with Gasteiger partial charge in [-0.15, -0.1) is 0 Å². The topological polar surface area (TPSA) is 47.7 Å². The number of hydrogen-bond donors (Lipinski definition) is 1. The highest BCUT2D eigenvalue weighted by Crippen LogP contribution is 2.32. The van der Waals surface area contributed by atoms with Gasteiger partial charge in [0.2, 0.25) is 0 Å². The predicted octanol–water partition coefficient (Wildman–Crippen LogP) is 2.40. The minimum absolute atomic E-state index is 0.104. The summed E-state index contributed by atoms with van der Waals surface area (Å²) in [5, 5.41) is 0. The number of likely N-dealkylation sites (N-methyl/N-ethyl adjacent to an activating group) is 1. The van der Waals surface area contributed by atoms with E-state index in [0.717, 1.165) is 6.42 Å². The van der Waals surface area contributed by atoms with Crippen LogP contribution in [0.2, 0.25) is 0 Å². The molecule has 0 aliphatic carbocycles. The summed E-state index contributed by atoms with van der Waals surface area (Å²) in [6.45, 7) is 0.207. The highest BCUT2D eigenvalue weighted by Gasteiger charge is 2.33. The van der Waals surface area contributed by atoms with Crippen molar-refractivity contribution in [1.29, 1.82) is 0 Å². The van der Waals surface area contributed by atoms with Crippen molar-refractivity contribution in [1.82, 2.24) is 4.90 Å². The molecule has 4 nitrogen and oxygen atoms in total. The molecule has 3 atom stereocenters. The van der Waals surface area contributed by atoms with Gasteiger partial charge in [0.1, 0.15) is 5.75 Å². The van der Waals surface area contributed by atoms with Crippen molar-refractivity contribution >= 4 is 0 Å². The van der Waals surface area contributed by atoms with Crippen LogP contribution in [0.15, 0.2) is 24.3 Å². The normalized spacial score (nSPS) is 23.8. The van der Waals surface area contributed by atoms with Gasteiger partial charge in [0, 0.05) is 24.8 Å². The molecule has 1 heterocycles. The lowest BCUT2D eigenvalue weighted by atomic mass is 10.0. The van der Waals surface area contributed by atoms with Gasteiger partial charge in [-0.1, -0.05) is 18.2 Å². The number of rotatable bonds is 6. The molecule has 1 fully saturated rings. The Kier molecular flexibility index (Phi) is 5.50. The Bertz CT molecular complexity index is 459. The van der Waals surface area contributed by atoms with Gasteiger partial charge in [-0.05, 0) is 26.5 Å². The number of alkyl halides is 2. The molecule has 0 aromatic heterocycles. The Labute approximate surface area is 123 Å². The molecule has 21 heavy (non-hydrogen) atoms. The van der Waals surface area contributed by atoms with Gasteiger partial charge in [-0.3, -0.25) is 4.90 Å². The van der Waals surface area contributed by atoms with Crippen molar-refractivity contribution in [2.75, 3.05) is 20.2 Å². The molecule has 1 aliphatic heterocycles. The molecule has 1 saturated heterocycles. The van der Waals surface area contributed by atoms with Gasteiger partial charge in [0.25, 0.3) is 0 Å². The lowest BCUT2D eigenvalue weighted by Gasteiger charge is -2.34. The highest BCUT2D eigenvalue weighted by atomic mass is 19.3. The molecular weight excluding hydrogens is 278 g/mol. The molecule has 1 aromatic carbocycles. The summed E-state index contributed by atoms with van der Waals surface area (Å²) in [4.78, 5) is 2.10. The summed E-state index contributed by atoms with van der Waals surface area (Å²) in [7, 11) is 1.95. The molecule has 118 valence electrons. The standard InChI is InChI=1S/C15H22F2N2O2/c1-10-12(7-8-20-10)19(2)13(9-18)11-5-3-4-6-14(11)21-15(16)17/h3-6,10,12-13,15H,7-9,18H2,1-2H3. The van der Waals surface area contributed by atoms with E-state index in [4.69, 9.17) is 10.5 Å². The largest absolute Gasteiger partial charge is 0.434 e. The fourth-order valence-electron chi connectivity index (χ4n) is 2.96. The first-order valence-corrected chi connectivity index (χ1v) is 7.12. The quantitative estimate of drug-likeness (QED) is 0.876. The van der Waals surface area contributed by atoms with Gasteiger partial charge < -0.3 is 15.2 Å². The summed E-state index contributed by atoms with van der Waals surface area (Å²) in [5.41, 5.74) is 6.58.